The first-order chi connectivity index (χ1) is 12.0. The molecule has 2 heterocycles. The summed E-state index contributed by atoms with van der Waals surface area (Å²) in [7, 11) is 2.22. The van der Waals surface area contributed by atoms with Crippen molar-refractivity contribution in [3.05, 3.63) is 0 Å². The molecule has 0 bridgehead atoms. The SMILES string of the molecule is CCNC(=NCC(C)(C)N1CCOCC1)NCCC1CCN(C)CC1.I. The third-order valence-corrected chi connectivity index (χ3v) is 5.52. The third-order valence-electron chi connectivity index (χ3n) is 5.52. The molecule has 0 aliphatic carbocycles. The van der Waals surface area contributed by atoms with Crippen LogP contribution >= 0.6 is 24.0 Å². The van der Waals surface area contributed by atoms with Crippen molar-refractivity contribution in [2.45, 2.75) is 45.6 Å². The Morgan fingerprint density at radius 3 is 2.38 bits per heavy atom. The zero-order valence-corrected chi connectivity index (χ0v) is 19.6. The Morgan fingerprint density at radius 2 is 1.77 bits per heavy atom. The van der Waals surface area contributed by atoms with Crippen LogP contribution in [0.4, 0.5) is 0 Å². The van der Waals surface area contributed by atoms with Gasteiger partial charge in [0.05, 0.1) is 19.8 Å². The van der Waals surface area contributed by atoms with E-state index in [9.17, 15) is 0 Å². The van der Waals surface area contributed by atoms with Gasteiger partial charge < -0.3 is 20.3 Å². The summed E-state index contributed by atoms with van der Waals surface area (Å²) in [6, 6.07) is 0. The fourth-order valence-electron chi connectivity index (χ4n) is 3.63. The van der Waals surface area contributed by atoms with Crippen molar-refractivity contribution in [1.29, 1.82) is 0 Å². The largest absolute Gasteiger partial charge is 0.379 e. The Kier molecular flexibility index (Phi) is 11.4. The van der Waals surface area contributed by atoms with Crippen LogP contribution in [-0.4, -0.2) is 87.4 Å². The van der Waals surface area contributed by atoms with E-state index in [-0.39, 0.29) is 29.5 Å². The number of rotatable bonds is 7. The highest BCUT2D eigenvalue weighted by Gasteiger charge is 2.28. The molecule has 0 radical (unpaired) electrons. The number of nitrogens with zero attached hydrogens (tertiary/aromatic N) is 3. The molecule has 2 aliphatic heterocycles. The van der Waals surface area contributed by atoms with Gasteiger partial charge in [0.1, 0.15) is 0 Å². The van der Waals surface area contributed by atoms with Crippen LogP contribution in [0.3, 0.4) is 0 Å². The van der Waals surface area contributed by atoms with Gasteiger partial charge >= 0.3 is 0 Å². The minimum Gasteiger partial charge on any atom is -0.379 e. The number of morpholine rings is 1. The molecule has 0 aromatic carbocycles. The van der Waals surface area contributed by atoms with Crippen LogP contribution in [-0.2, 0) is 4.74 Å². The van der Waals surface area contributed by atoms with Gasteiger partial charge in [-0.3, -0.25) is 9.89 Å². The highest BCUT2D eigenvalue weighted by molar-refractivity contribution is 14.0. The molecule has 0 aromatic rings. The molecule has 0 atom stereocenters. The second-order valence-electron chi connectivity index (χ2n) is 8.07. The number of nitrogens with one attached hydrogen (secondary N) is 2. The molecule has 7 heteroatoms. The fraction of sp³-hybridized carbons (Fsp3) is 0.947. The highest BCUT2D eigenvalue weighted by atomic mass is 127. The van der Waals surface area contributed by atoms with E-state index in [0.717, 1.165) is 57.8 Å². The molecule has 26 heavy (non-hydrogen) atoms. The standard InChI is InChI=1S/C19H39N5O.HI/c1-5-20-18(21-9-6-17-7-10-23(4)11-8-17)22-16-19(2,3)24-12-14-25-15-13-24;/h17H,5-16H2,1-4H3,(H2,20,21,22);1H. The molecule has 2 fully saturated rings. The van der Waals surface area contributed by atoms with E-state index in [4.69, 9.17) is 9.73 Å². The average Bonchev–Trinajstić information content (AvgIpc) is 2.62. The Hall–Kier alpha value is -0.120. The first-order valence-corrected chi connectivity index (χ1v) is 10.0. The summed E-state index contributed by atoms with van der Waals surface area (Å²) in [5, 5.41) is 6.93. The van der Waals surface area contributed by atoms with Crippen LogP contribution in [0.5, 0.6) is 0 Å². The van der Waals surface area contributed by atoms with Gasteiger partial charge in [-0.25, -0.2) is 0 Å². The van der Waals surface area contributed by atoms with Gasteiger partial charge in [0.25, 0.3) is 0 Å². The Balaban J connectivity index is 0.00000338. The molecular weight excluding hydrogens is 441 g/mol. The molecule has 0 saturated carbocycles. The summed E-state index contributed by atoms with van der Waals surface area (Å²) in [6.07, 6.45) is 3.90. The second-order valence-corrected chi connectivity index (χ2v) is 8.07. The number of guanidine groups is 1. The van der Waals surface area contributed by atoms with Gasteiger partial charge in [0.2, 0.25) is 0 Å². The van der Waals surface area contributed by atoms with E-state index < -0.39 is 0 Å². The van der Waals surface area contributed by atoms with Crippen molar-refractivity contribution >= 4 is 29.9 Å². The molecule has 0 amide bonds. The molecule has 6 nitrogen and oxygen atoms in total. The van der Waals surface area contributed by atoms with E-state index in [1.807, 2.05) is 0 Å². The van der Waals surface area contributed by atoms with Crippen LogP contribution in [0.25, 0.3) is 0 Å². The van der Waals surface area contributed by atoms with Crippen molar-refractivity contribution in [1.82, 2.24) is 20.4 Å². The summed E-state index contributed by atoms with van der Waals surface area (Å²) in [5.41, 5.74) is 0.0695. The van der Waals surface area contributed by atoms with Gasteiger partial charge in [-0.15, -0.1) is 24.0 Å². The maximum atomic E-state index is 5.47. The van der Waals surface area contributed by atoms with E-state index in [0.29, 0.717) is 0 Å². The first kappa shape index (κ1) is 23.9. The van der Waals surface area contributed by atoms with Crippen molar-refractivity contribution < 1.29 is 4.74 Å². The van der Waals surface area contributed by atoms with E-state index >= 15 is 0 Å². The molecule has 0 spiro atoms. The van der Waals surface area contributed by atoms with Gasteiger partial charge in [-0.1, -0.05) is 0 Å². The number of likely N-dealkylation sites (tertiary alicyclic amines) is 1. The molecule has 0 unspecified atom stereocenters. The molecular formula is C19H40IN5O. The number of aliphatic imine (C=N–C) groups is 1. The zero-order chi connectivity index (χ0) is 18.1. The predicted molar refractivity (Wildman–Crippen MR) is 121 cm³/mol. The Bertz CT molecular complexity index is 405. The third kappa shape index (κ3) is 8.27. The lowest BCUT2D eigenvalue weighted by Gasteiger charge is -2.39. The normalized spacial score (nSPS) is 21.3. The number of hydrogen-bond acceptors (Lipinski definition) is 4. The van der Waals surface area contributed by atoms with Crippen molar-refractivity contribution in [2.75, 3.05) is 66.1 Å². The van der Waals surface area contributed by atoms with Crippen molar-refractivity contribution in [3.8, 4) is 0 Å². The Morgan fingerprint density at radius 1 is 1.12 bits per heavy atom. The quantitative estimate of drug-likeness (QED) is 0.331. The predicted octanol–water partition coefficient (Wildman–Crippen LogP) is 2.00. The van der Waals surface area contributed by atoms with E-state index in [1.165, 1.54) is 32.4 Å². The highest BCUT2D eigenvalue weighted by Crippen LogP contribution is 2.19. The van der Waals surface area contributed by atoms with Gasteiger partial charge in [0.15, 0.2) is 5.96 Å². The fourth-order valence-corrected chi connectivity index (χ4v) is 3.63. The summed E-state index contributed by atoms with van der Waals surface area (Å²) >= 11 is 0. The molecule has 2 saturated heterocycles. The van der Waals surface area contributed by atoms with E-state index in [2.05, 4.69) is 48.3 Å². The zero-order valence-electron chi connectivity index (χ0n) is 17.2. The second kappa shape index (κ2) is 12.4. The number of hydrogen-bond donors (Lipinski definition) is 2. The first-order valence-electron chi connectivity index (χ1n) is 10.0. The van der Waals surface area contributed by atoms with Crippen molar-refractivity contribution in [2.24, 2.45) is 10.9 Å². The van der Waals surface area contributed by atoms with Crippen LogP contribution in [0.2, 0.25) is 0 Å². The number of halogens is 1. The minimum absolute atomic E-state index is 0. The maximum Gasteiger partial charge on any atom is 0.191 e. The summed E-state index contributed by atoms with van der Waals surface area (Å²) in [5.74, 6) is 1.81. The molecule has 2 N–H and O–H groups in total. The lowest BCUT2D eigenvalue weighted by molar-refractivity contribution is -0.00683. The van der Waals surface area contributed by atoms with Gasteiger partial charge in [0, 0.05) is 31.7 Å². The summed E-state index contributed by atoms with van der Waals surface area (Å²) in [6.45, 7) is 15.6. The lowest BCUT2D eigenvalue weighted by atomic mass is 9.94. The number of piperidine rings is 1. The summed E-state index contributed by atoms with van der Waals surface area (Å²) in [4.78, 5) is 9.78. The van der Waals surface area contributed by atoms with E-state index in [1.54, 1.807) is 0 Å². The van der Waals surface area contributed by atoms with Gasteiger partial charge in [-0.2, -0.15) is 0 Å². The smallest absolute Gasteiger partial charge is 0.191 e. The average molecular weight is 481 g/mol. The molecule has 0 aromatic heterocycles. The number of ether oxygens (including phenoxy) is 1. The topological polar surface area (TPSA) is 52.1 Å². The van der Waals surface area contributed by atoms with Crippen LogP contribution in [0.15, 0.2) is 4.99 Å². The van der Waals surface area contributed by atoms with Crippen LogP contribution < -0.4 is 10.6 Å². The molecule has 154 valence electrons. The molecule has 2 aliphatic rings. The monoisotopic (exact) mass is 481 g/mol. The van der Waals surface area contributed by atoms with Crippen LogP contribution in [0.1, 0.15) is 40.0 Å². The Labute approximate surface area is 177 Å². The lowest BCUT2D eigenvalue weighted by Crippen LogP contribution is -2.52. The summed E-state index contributed by atoms with van der Waals surface area (Å²) < 4.78 is 5.47. The molecule has 2 rings (SSSR count). The maximum absolute atomic E-state index is 5.47. The van der Waals surface area contributed by atoms with Gasteiger partial charge in [-0.05, 0) is 66.1 Å². The van der Waals surface area contributed by atoms with Crippen LogP contribution in [0, 0.1) is 5.92 Å². The van der Waals surface area contributed by atoms with Crippen molar-refractivity contribution in [3.63, 3.8) is 0 Å². The minimum atomic E-state index is 0.